The number of hydrogen-bond donors (Lipinski definition) is 2. The van der Waals surface area contributed by atoms with Crippen LogP contribution >= 0.6 is 11.6 Å². The molecule has 0 saturated heterocycles. The first-order valence-electron chi connectivity index (χ1n) is 7.55. The van der Waals surface area contributed by atoms with Crippen molar-refractivity contribution >= 4 is 33.3 Å². The average molecular weight is 382 g/mol. The number of nitrogens with one attached hydrogen (secondary N) is 2. The molecule has 0 spiro atoms. The molecular formula is C17H20ClN3O3S. The summed E-state index contributed by atoms with van der Waals surface area (Å²) in [7, 11) is -3.73. The maximum Gasteiger partial charge on any atom is 0.257 e. The van der Waals surface area contributed by atoms with Crippen molar-refractivity contribution in [3.63, 3.8) is 0 Å². The number of rotatable bonds is 4. The summed E-state index contributed by atoms with van der Waals surface area (Å²) in [6.07, 6.45) is 1.41. The number of nitrogens with zero attached hydrogens (tertiary/aromatic N) is 1. The van der Waals surface area contributed by atoms with E-state index < -0.39 is 21.5 Å². The molecule has 0 bridgehead atoms. The average Bonchev–Trinajstić information content (AvgIpc) is 2.47. The number of pyridine rings is 1. The first kappa shape index (κ1) is 19.4. The second kappa shape index (κ2) is 7.11. The predicted molar refractivity (Wildman–Crippen MR) is 98.5 cm³/mol. The van der Waals surface area contributed by atoms with Gasteiger partial charge in [-0.2, -0.15) is 0 Å². The maximum absolute atomic E-state index is 12.5. The molecule has 2 rings (SSSR count). The Morgan fingerprint density at radius 2 is 1.84 bits per heavy atom. The molecule has 0 unspecified atom stereocenters. The van der Waals surface area contributed by atoms with Crippen LogP contribution in [0.15, 0.2) is 41.4 Å². The molecule has 2 aromatic rings. The number of aryl methyl sites for hydroxylation is 1. The van der Waals surface area contributed by atoms with Crippen molar-refractivity contribution in [3.05, 3.63) is 52.7 Å². The lowest BCUT2D eigenvalue weighted by Crippen LogP contribution is -2.40. The third-order valence-corrected chi connectivity index (χ3v) is 5.15. The van der Waals surface area contributed by atoms with E-state index in [1.165, 1.54) is 18.3 Å². The first-order chi connectivity index (χ1) is 11.5. The van der Waals surface area contributed by atoms with Gasteiger partial charge in [0.15, 0.2) is 0 Å². The zero-order chi connectivity index (χ0) is 18.8. The molecule has 0 fully saturated rings. The van der Waals surface area contributed by atoms with Gasteiger partial charge in [-0.05, 0) is 57.5 Å². The molecule has 0 aliphatic carbocycles. The van der Waals surface area contributed by atoms with Crippen LogP contribution in [0.25, 0.3) is 0 Å². The Kier molecular flexibility index (Phi) is 5.51. The van der Waals surface area contributed by atoms with Crippen LogP contribution in [0.2, 0.25) is 5.02 Å². The number of halogens is 1. The van der Waals surface area contributed by atoms with Crippen molar-refractivity contribution in [3.8, 4) is 0 Å². The van der Waals surface area contributed by atoms with Gasteiger partial charge in [0.2, 0.25) is 10.0 Å². The third kappa shape index (κ3) is 5.26. The molecule has 0 radical (unpaired) electrons. The molecule has 1 amide bonds. The topological polar surface area (TPSA) is 88.2 Å². The summed E-state index contributed by atoms with van der Waals surface area (Å²) in [4.78, 5) is 16.5. The highest BCUT2D eigenvalue weighted by Crippen LogP contribution is 2.19. The monoisotopic (exact) mass is 381 g/mol. The molecule has 0 atom stereocenters. The smallest absolute Gasteiger partial charge is 0.257 e. The van der Waals surface area contributed by atoms with Gasteiger partial charge in [-0.15, -0.1) is 0 Å². The summed E-state index contributed by atoms with van der Waals surface area (Å²) in [6, 6.07) is 7.60. The van der Waals surface area contributed by atoms with Crippen LogP contribution in [0.1, 0.15) is 36.7 Å². The van der Waals surface area contributed by atoms with E-state index in [2.05, 4.69) is 15.0 Å². The summed E-state index contributed by atoms with van der Waals surface area (Å²) in [6.45, 7) is 6.98. The molecule has 1 aromatic carbocycles. The van der Waals surface area contributed by atoms with E-state index in [1.807, 2.05) is 0 Å². The van der Waals surface area contributed by atoms with Crippen LogP contribution < -0.4 is 10.0 Å². The number of carbonyl (C=O) groups excluding carboxylic acids is 1. The lowest BCUT2D eigenvalue weighted by Gasteiger charge is -2.20. The Balaban J connectivity index is 2.32. The number of amides is 1. The largest absolute Gasteiger partial charge is 0.307 e. The Hall–Kier alpha value is -1.96. The van der Waals surface area contributed by atoms with Crippen molar-refractivity contribution in [1.29, 1.82) is 0 Å². The number of hydrogen-bond acceptors (Lipinski definition) is 4. The van der Waals surface area contributed by atoms with Crippen LogP contribution in [-0.4, -0.2) is 24.8 Å². The normalized spacial score (nSPS) is 12.0. The fourth-order valence-corrected chi connectivity index (χ4v) is 3.66. The summed E-state index contributed by atoms with van der Waals surface area (Å²) in [5.41, 5.74) is 0.286. The zero-order valence-corrected chi connectivity index (χ0v) is 16.0. The molecule has 134 valence electrons. The fraction of sp³-hybridized carbons (Fsp3) is 0.294. The van der Waals surface area contributed by atoms with Gasteiger partial charge in [0.25, 0.3) is 5.91 Å². The molecule has 6 nitrogen and oxygen atoms in total. The molecular weight excluding hydrogens is 362 g/mol. The first-order valence-corrected chi connectivity index (χ1v) is 9.42. The molecule has 2 N–H and O–H groups in total. The molecule has 8 heteroatoms. The standard InChI is InChI=1S/C17H20ClN3O3S/c1-11-5-7-13(25(23,24)21-17(2,3)4)9-14(11)16(22)20-15-8-6-12(18)10-19-15/h5-10,21H,1-4H3,(H,19,20,22). The summed E-state index contributed by atoms with van der Waals surface area (Å²) >= 11 is 5.77. The van der Waals surface area contributed by atoms with E-state index in [9.17, 15) is 13.2 Å². The van der Waals surface area contributed by atoms with E-state index in [1.54, 1.807) is 45.9 Å². The lowest BCUT2D eigenvalue weighted by molar-refractivity contribution is 0.102. The van der Waals surface area contributed by atoms with Gasteiger partial charge in [0, 0.05) is 17.3 Å². The third-order valence-electron chi connectivity index (χ3n) is 3.17. The minimum Gasteiger partial charge on any atom is -0.307 e. The molecule has 1 aromatic heterocycles. The van der Waals surface area contributed by atoms with E-state index in [4.69, 9.17) is 11.6 Å². The Labute approximate surface area is 152 Å². The number of sulfonamides is 1. The number of anilines is 1. The highest BCUT2D eigenvalue weighted by molar-refractivity contribution is 7.89. The van der Waals surface area contributed by atoms with Crippen molar-refractivity contribution in [1.82, 2.24) is 9.71 Å². The summed E-state index contributed by atoms with van der Waals surface area (Å²) < 4.78 is 27.5. The molecule has 0 aliphatic rings. The van der Waals surface area contributed by atoms with Crippen LogP contribution in [-0.2, 0) is 10.0 Å². The van der Waals surface area contributed by atoms with E-state index in [0.717, 1.165) is 0 Å². The van der Waals surface area contributed by atoms with Crippen molar-refractivity contribution in [2.75, 3.05) is 5.32 Å². The van der Waals surface area contributed by atoms with Gasteiger partial charge in [-0.3, -0.25) is 4.79 Å². The molecule has 0 saturated carbocycles. The Bertz CT molecular complexity index is 888. The number of aromatic nitrogens is 1. The second-order valence-corrected chi connectivity index (χ2v) is 8.77. The number of benzene rings is 1. The van der Waals surface area contributed by atoms with Gasteiger partial charge < -0.3 is 5.32 Å². The van der Waals surface area contributed by atoms with Crippen molar-refractivity contribution < 1.29 is 13.2 Å². The predicted octanol–water partition coefficient (Wildman–Crippen LogP) is 3.37. The SMILES string of the molecule is Cc1ccc(S(=O)(=O)NC(C)(C)C)cc1C(=O)Nc1ccc(Cl)cn1. The Morgan fingerprint density at radius 1 is 1.16 bits per heavy atom. The van der Waals surface area contributed by atoms with Crippen LogP contribution in [0.4, 0.5) is 5.82 Å². The van der Waals surface area contributed by atoms with Crippen LogP contribution in [0.3, 0.4) is 0 Å². The van der Waals surface area contributed by atoms with Gasteiger partial charge in [0.05, 0.1) is 9.92 Å². The number of carbonyl (C=O) groups is 1. The fourth-order valence-electron chi connectivity index (χ4n) is 2.11. The molecule has 25 heavy (non-hydrogen) atoms. The summed E-state index contributed by atoms with van der Waals surface area (Å²) in [5.74, 6) is -0.116. The Morgan fingerprint density at radius 3 is 2.40 bits per heavy atom. The molecule has 1 heterocycles. The van der Waals surface area contributed by atoms with E-state index in [-0.39, 0.29) is 10.5 Å². The minimum absolute atomic E-state index is 0.0299. The minimum atomic E-state index is -3.73. The summed E-state index contributed by atoms with van der Waals surface area (Å²) in [5, 5.41) is 3.08. The second-order valence-electron chi connectivity index (χ2n) is 6.65. The van der Waals surface area contributed by atoms with E-state index >= 15 is 0 Å². The van der Waals surface area contributed by atoms with Gasteiger partial charge >= 0.3 is 0 Å². The van der Waals surface area contributed by atoms with Crippen LogP contribution in [0.5, 0.6) is 0 Å². The maximum atomic E-state index is 12.5. The zero-order valence-electron chi connectivity index (χ0n) is 14.4. The van der Waals surface area contributed by atoms with Crippen molar-refractivity contribution in [2.45, 2.75) is 38.1 Å². The van der Waals surface area contributed by atoms with Gasteiger partial charge in [0.1, 0.15) is 5.82 Å². The highest BCUT2D eigenvalue weighted by atomic mass is 35.5. The van der Waals surface area contributed by atoms with Gasteiger partial charge in [-0.1, -0.05) is 17.7 Å². The quantitative estimate of drug-likeness (QED) is 0.849. The molecule has 0 aliphatic heterocycles. The van der Waals surface area contributed by atoms with E-state index in [0.29, 0.717) is 16.4 Å². The van der Waals surface area contributed by atoms with Crippen LogP contribution in [0, 0.1) is 6.92 Å². The van der Waals surface area contributed by atoms with Gasteiger partial charge in [-0.25, -0.2) is 18.1 Å². The lowest BCUT2D eigenvalue weighted by atomic mass is 10.1. The highest BCUT2D eigenvalue weighted by Gasteiger charge is 2.23. The van der Waals surface area contributed by atoms with Crippen molar-refractivity contribution in [2.24, 2.45) is 0 Å².